The monoisotopic (exact) mass is 765 g/mol. The molecule has 0 aromatic heterocycles. The first-order valence-corrected chi connectivity index (χ1v) is 23.6. The van der Waals surface area contributed by atoms with E-state index >= 15 is 0 Å². The van der Waals surface area contributed by atoms with Crippen molar-refractivity contribution in [3.05, 3.63) is 71.8 Å². The van der Waals surface area contributed by atoms with Crippen molar-refractivity contribution < 1.29 is 59.9 Å². The normalized spacial score (nSPS) is 11.0. The molecule has 0 saturated heterocycles. The van der Waals surface area contributed by atoms with Gasteiger partial charge in [-0.05, 0) is 61.4 Å². The molecule has 0 unspecified atom stereocenters. The molecule has 0 fully saturated rings. The van der Waals surface area contributed by atoms with Crippen LogP contribution in [0.1, 0.15) is 78.4 Å². The topological polar surface area (TPSA) is 18.5 Å². The van der Waals surface area contributed by atoms with E-state index < -0.39 is 18.1 Å². The van der Waals surface area contributed by atoms with E-state index in [1.54, 1.807) is 0 Å². The fourth-order valence-corrected chi connectivity index (χ4v) is 7.09. The summed E-state index contributed by atoms with van der Waals surface area (Å²) < 4.78 is 12.5. The predicted octanol–water partition coefficient (Wildman–Crippen LogP) is 4.52. The summed E-state index contributed by atoms with van der Waals surface area (Å²) in [4.78, 5) is 0. The van der Waals surface area contributed by atoms with Crippen molar-refractivity contribution in [2.75, 3.05) is 0 Å². The molecule has 0 bridgehead atoms. The molecule has 0 atom stereocenters. The van der Waals surface area contributed by atoms with Crippen LogP contribution in [0.25, 0.3) is 21.5 Å². The van der Waals surface area contributed by atoms with Crippen molar-refractivity contribution in [1.82, 2.24) is 0 Å². The molecule has 0 spiro atoms. The molecule has 4 rings (SSSR count). The number of halogens is 2. The summed E-state index contributed by atoms with van der Waals surface area (Å²) in [6, 6.07) is 21.8. The second-order valence-electron chi connectivity index (χ2n) is 13.1. The van der Waals surface area contributed by atoms with Gasteiger partial charge in [0.15, 0.2) is 0 Å². The Balaban J connectivity index is 0. The third-order valence-electron chi connectivity index (χ3n) is 7.42. The first-order valence-electron chi connectivity index (χ1n) is 15.8. The van der Waals surface area contributed by atoms with E-state index in [0.717, 1.165) is 21.0 Å². The molecular formula is C36H57Cl2O2Si3Zr. The standard InChI is InChI=1S/2C17H25OSi.C2H7Si.2ClH.Zr/c2*1-6-11-17(2,3)15-12-13-9-7-8-10-14(13)16(15)18-19(4)5;1-3-2;;;/h2*7-10,12,19H,6,11H2,1-5H3;3H,1-2H3;2*1H;/q2*-1;;;;+4/p-2. The van der Waals surface area contributed by atoms with Crippen LogP contribution in [0.5, 0.6) is 11.5 Å². The van der Waals surface area contributed by atoms with Gasteiger partial charge in [-0.25, -0.2) is 0 Å². The maximum absolute atomic E-state index is 6.27. The zero-order valence-electron chi connectivity index (χ0n) is 29.4. The van der Waals surface area contributed by atoms with E-state index in [1.165, 1.54) is 58.4 Å². The molecule has 0 aliphatic rings. The summed E-state index contributed by atoms with van der Waals surface area (Å²) in [5.41, 5.74) is 3.15. The summed E-state index contributed by atoms with van der Waals surface area (Å²) in [5, 5.41) is 5.18. The molecule has 44 heavy (non-hydrogen) atoms. The van der Waals surface area contributed by atoms with E-state index in [4.69, 9.17) is 8.85 Å². The van der Waals surface area contributed by atoms with Gasteiger partial charge in [-0.15, -0.1) is 70.1 Å². The molecule has 1 radical (unpaired) electrons. The maximum Gasteiger partial charge on any atom is 4.00 e. The Morgan fingerprint density at radius 1 is 0.636 bits per heavy atom. The smallest absolute Gasteiger partial charge is 1.00 e. The second-order valence-corrected chi connectivity index (χ2v) is 18.9. The average Bonchev–Trinajstić information content (AvgIpc) is 3.44. The molecule has 0 aliphatic carbocycles. The molecule has 0 aliphatic heterocycles. The number of rotatable bonds is 10. The summed E-state index contributed by atoms with van der Waals surface area (Å²) in [6.45, 7) is 27.2. The quantitative estimate of drug-likeness (QED) is 0.175. The van der Waals surface area contributed by atoms with Crippen molar-refractivity contribution in [3.8, 4) is 11.5 Å². The number of hydrogen-bond acceptors (Lipinski definition) is 2. The Morgan fingerprint density at radius 2 is 0.932 bits per heavy atom. The van der Waals surface area contributed by atoms with Crippen molar-refractivity contribution in [3.63, 3.8) is 0 Å². The summed E-state index contributed by atoms with van der Waals surface area (Å²) in [7, 11) is -1.43. The molecule has 243 valence electrons. The van der Waals surface area contributed by atoms with E-state index in [-0.39, 0.29) is 61.8 Å². The summed E-state index contributed by atoms with van der Waals surface area (Å²) in [5.74, 6) is 2.30. The van der Waals surface area contributed by atoms with Crippen molar-refractivity contribution in [2.45, 2.75) is 117 Å². The van der Waals surface area contributed by atoms with Crippen LogP contribution in [0.3, 0.4) is 0 Å². The van der Waals surface area contributed by atoms with Gasteiger partial charge in [0.1, 0.15) is 0 Å². The predicted molar refractivity (Wildman–Crippen MR) is 193 cm³/mol. The third-order valence-corrected chi connectivity index (χ3v) is 8.83. The molecule has 8 heteroatoms. The summed E-state index contributed by atoms with van der Waals surface area (Å²) >= 11 is 0. The van der Waals surface area contributed by atoms with Crippen LogP contribution in [-0.2, 0) is 37.0 Å². The fraction of sp³-hybridized carbons (Fsp3) is 0.500. The Bertz CT molecular complexity index is 1240. The molecular weight excluding hydrogens is 711 g/mol. The number of hydrogen-bond donors (Lipinski definition) is 0. The van der Waals surface area contributed by atoms with Crippen LogP contribution in [-0.4, -0.2) is 27.6 Å². The first kappa shape index (κ1) is 45.5. The maximum atomic E-state index is 6.27. The van der Waals surface area contributed by atoms with E-state index in [0.29, 0.717) is 0 Å². The van der Waals surface area contributed by atoms with Crippen LogP contribution >= 0.6 is 0 Å². The summed E-state index contributed by atoms with van der Waals surface area (Å²) in [6.07, 6.45) is 4.79. The Labute approximate surface area is 307 Å². The van der Waals surface area contributed by atoms with Gasteiger partial charge in [-0.2, -0.15) is 0 Å². The van der Waals surface area contributed by atoms with Gasteiger partial charge in [0.25, 0.3) is 0 Å². The molecule has 0 N–H and O–H groups in total. The minimum Gasteiger partial charge on any atom is -1.00 e. The molecule has 4 aromatic rings. The van der Waals surface area contributed by atoms with Crippen molar-refractivity contribution in [1.29, 1.82) is 0 Å². The SMILES string of the molecule is CCCC(C)(C)c1[cH-]c2ccccc2c1O[SiH](C)C.CCCC(C)(C)c1[cH-]c2ccccc2c1O[SiH](C)C.C[SiH]C.[Cl-].[Cl-].[Zr+4]. The molecule has 4 aromatic carbocycles. The molecule has 0 heterocycles. The van der Waals surface area contributed by atoms with Gasteiger partial charge < -0.3 is 33.7 Å². The van der Waals surface area contributed by atoms with Crippen LogP contribution in [0, 0.1) is 0 Å². The Hall–Kier alpha value is -0.626. The Kier molecular flexibility index (Phi) is 22.0. The minimum atomic E-state index is -1.09. The number of fused-ring (bicyclic) bond motifs is 2. The van der Waals surface area contributed by atoms with E-state index in [1.807, 2.05) is 0 Å². The molecule has 0 saturated carbocycles. The zero-order chi connectivity index (χ0) is 30.8. The average molecular weight is 768 g/mol. The largest absolute Gasteiger partial charge is 4.00 e. The van der Waals surface area contributed by atoms with Crippen LogP contribution in [0.2, 0.25) is 39.3 Å². The number of benzene rings is 2. The van der Waals surface area contributed by atoms with Crippen molar-refractivity contribution >= 4 is 49.1 Å². The molecule has 0 amide bonds. The van der Waals surface area contributed by atoms with Crippen LogP contribution < -0.4 is 33.7 Å². The van der Waals surface area contributed by atoms with Crippen LogP contribution in [0.15, 0.2) is 60.7 Å². The van der Waals surface area contributed by atoms with Gasteiger partial charge >= 0.3 is 26.2 Å². The van der Waals surface area contributed by atoms with E-state index in [2.05, 4.69) is 141 Å². The van der Waals surface area contributed by atoms with Gasteiger partial charge in [0.05, 0.1) is 0 Å². The van der Waals surface area contributed by atoms with Crippen molar-refractivity contribution in [2.24, 2.45) is 0 Å². The third kappa shape index (κ3) is 12.5. The van der Waals surface area contributed by atoms with E-state index in [9.17, 15) is 0 Å². The first-order chi connectivity index (χ1) is 19.3. The van der Waals surface area contributed by atoms with Crippen LogP contribution in [0.4, 0.5) is 0 Å². The van der Waals surface area contributed by atoms with Gasteiger partial charge in [0, 0.05) is 9.52 Å². The van der Waals surface area contributed by atoms with Gasteiger partial charge in [0.2, 0.25) is 18.1 Å². The minimum absolute atomic E-state index is 0. The van der Waals surface area contributed by atoms with Gasteiger partial charge in [-0.1, -0.05) is 90.7 Å². The zero-order valence-corrected chi connectivity index (χ0v) is 36.8. The molecule has 2 nitrogen and oxygen atoms in total. The Morgan fingerprint density at radius 3 is 1.20 bits per heavy atom. The second kappa shape index (κ2) is 21.3. The fourth-order valence-electron chi connectivity index (χ4n) is 5.64. The van der Waals surface area contributed by atoms with Gasteiger partial charge in [-0.3, -0.25) is 0 Å².